The first-order valence-corrected chi connectivity index (χ1v) is 8.63. The number of guanidine groups is 1. The molecule has 0 aromatic carbocycles. The van der Waals surface area contributed by atoms with Crippen LogP contribution in [-0.2, 0) is 9.47 Å². The molecule has 3 fully saturated rings. The van der Waals surface area contributed by atoms with Crippen molar-refractivity contribution < 1.29 is 9.47 Å². The maximum Gasteiger partial charge on any atom is 0.193 e. The summed E-state index contributed by atoms with van der Waals surface area (Å²) in [5.74, 6) is 1.08. The van der Waals surface area contributed by atoms with E-state index in [0.717, 1.165) is 71.7 Å². The summed E-state index contributed by atoms with van der Waals surface area (Å²) in [6.45, 7) is 13.9. The average Bonchev–Trinajstić information content (AvgIpc) is 3.00. The molecular weight excluding hydrogens is 407 g/mol. The van der Waals surface area contributed by atoms with E-state index in [0.29, 0.717) is 6.04 Å². The average molecular weight is 438 g/mol. The molecule has 7 heteroatoms. The maximum absolute atomic E-state index is 5.46. The number of nitrogens with one attached hydrogen (secondary N) is 1. The van der Waals surface area contributed by atoms with E-state index in [2.05, 4.69) is 29.0 Å². The van der Waals surface area contributed by atoms with Gasteiger partial charge in [0.25, 0.3) is 0 Å². The van der Waals surface area contributed by atoms with Gasteiger partial charge in [0, 0.05) is 44.2 Å². The monoisotopic (exact) mass is 438 g/mol. The van der Waals surface area contributed by atoms with Gasteiger partial charge in [-0.25, -0.2) is 0 Å². The zero-order valence-corrected chi connectivity index (χ0v) is 16.8. The number of ether oxygens (including phenoxy) is 2. The topological polar surface area (TPSA) is 49.3 Å². The van der Waals surface area contributed by atoms with Gasteiger partial charge in [0.05, 0.1) is 33.0 Å². The largest absolute Gasteiger partial charge is 0.380 e. The van der Waals surface area contributed by atoms with Crippen LogP contribution in [0.3, 0.4) is 0 Å². The Bertz CT molecular complexity index is 398. The van der Waals surface area contributed by atoms with E-state index in [1.807, 2.05) is 0 Å². The molecule has 0 aromatic rings. The standard InChI is InChI=1S/C16H30N4O2.HI/c1-3-17-15(18-11-16(2)12-22-13-16)20-5-4-14(10-20)19-6-8-21-9-7-19;/h14H,3-13H2,1-2H3,(H,17,18);1H. The van der Waals surface area contributed by atoms with Crippen molar-refractivity contribution in [3.05, 3.63) is 0 Å². The first-order chi connectivity index (χ1) is 10.7. The molecule has 6 nitrogen and oxygen atoms in total. The Labute approximate surface area is 157 Å². The summed E-state index contributed by atoms with van der Waals surface area (Å²) in [6, 6.07) is 0.648. The summed E-state index contributed by atoms with van der Waals surface area (Å²) in [7, 11) is 0. The second-order valence-corrected chi connectivity index (χ2v) is 7.01. The number of likely N-dealkylation sites (tertiary alicyclic amines) is 1. The molecule has 0 saturated carbocycles. The van der Waals surface area contributed by atoms with Gasteiger partial charge in [-0.3, -0.25) is 9.89 Å². The molecule has 1 atom stereocenters. The molecule has 0 radical (unpaired) electrons. The van der Waals surface area contributed by atoms with E-state index in [-0.39, 0.29) is 29.4 Å². The van der Waals surface area contributed by atoms with Crippen molar-refractivity contribution in [2.24, 2.45) is 10.4 Å². The van der Waals surface area contributed by atoms with Gasteiger partial charge in [-0.1, -0.05) is 6.92 Å². The van der Waals surface area contributed by atoms with E-state index in [4.69, 9.17) is 14.5 Å². The fraction of sp³-hybridized carbons (Fsp3) is 0.938. The van der Waals surface area contributed by atoms with Gasteiger partial charge in [-0.05, 0) is 13.3 Å². The lowest BCUT2D eigenvalue weighted by Crippen LogP contribution is -2.47. The molecule has 3 rings (SSSR count). The quantitative estimate of drug-likeness (QED) is 0.404. The van der Waals surface area contributed by atoms with Crippen molar-refractivity contribution in [1.82, 2.24) is 15.1 Å². The normalized spacial score (nSPS) is 28.2. The molecule has 0 spiro atoms. The minimum Gasteiger partial charge on any atom is -0.380 e. The lowest BCUT2D eigenvalue weighted by Gasteiger charge is -2.37. The summed E-state index contributed by atoms with van der Waals surface area (Å²) in [5, 5.41) is 3.46. The van der Waals surface area contributed by atoms with Crippen LogP contribution in [-0.4, -0.2) is 87.5 Å². The number of rotatable bonds is 4. The third-order valence-corrected chi connectivity index (χ3v) is 4.87. The lowest BCUT2D eigenvalue weighted by molar-refractivity contribution is -0.0946. The molecule has 1 unspecified atom stereocenters. The highest BCUT2D eigenvalue weighted by molar-refractivity contribution is 14.0. The molecule has 0 bridgehead atoms. The number of hydrogen-bond donors (Lipinski definition) is 1. The highest BCUT2D eigenvalue weighted by atomic mass is 127. The Morgan fingerprint density at radius 2 is 1.96 bits per heavy atom. The molecule has 0 aromatic heterocycles. The second kappa shape index (κ2) is 8.82. The Kier molecular flexibility index (Phi) is 7.37. The molecule has 1 N–H and O–H groups in total. The summed E-state index contributed by atoms with van der Waals surface area (Å²) in [6.07, 6.45) is 1.23. The summed E-state index contributed by atoms with van der Waals surface area (Å²) < 4.78 is 10.8. The summed E-state index contributed by atoms with van der Waals surface area (Å²) >= 11 is 0. The van der Waals surface area contributed by atoms with Crippen LogP contribution in [0.1, 0.15) is 20.3 Å². The number of aliphatic imine (C=N–C) groups is 1. The van der Waals surface area contributed by atoms with Gasteiger partial charge >= 0.3 is 0 Å². The van der Waals surface area contributed by atoms with E-state index >= 15 is 0 Å². The van der Waals surface area contributed by atoms with E-state index < -0.39 is 0 Å². The Balaban J connectivity index is 0.00000192. The SMILES string of the molecule is CCNC(=NCC1(C)COC1)N1CCC(N2CCOCC2)C1.I. The fourth-order valence-electron chi connectivity index (χ4n) is 3.41. The number of nitrogens with zero attached hydrogens (tertiary/aromatic N) is 3. The number of halogens is 1. The molecule has 3 aliphatic rings. The first-order valence-electron chi connectivity index (χ1n) is 8.63. The van der Waals surface area contributed by atoms with Gasteiger partial charge in [-0.15, -0.1) is 24.0 Å². The van der Waals surface area contributed by atoms with Crippen LogP contribution in [0.5, 0.6) is 0 Å². The van der Waals surface area contributed by atoms with Crippen LogP contribution in [0.25, 0.3) is 0 Å². The van der Waals surface area contributed by atoms with Gasteiger partial charge in [0.1, 0.15) is 0 Å². The molecule has 3 heterocycles. The van der Waals surface area contributed by atoms with Crippen LogP contribution in [0.15, 0.2) is 4.99 Å². The summed E-state index contributed by atoms with van der Waals surface area (Å²) in [4.78, 5) is 9.88. The maximum atomic E-state index is 5.46. The minimum atomic E-state index is 0. The van der Waals surface area contributed by atoms with Gasteiger partial charge in [-0.2, -0.15) is 0 Å². The molecule has 3 saturated heterocycles. The highest BCUT2D eigenvalue weighted by Crippen LogP contribution is 2.27. The smallest absolute Gasteiger partial charge is 0.193 e. The first kappa shape index (κ1) is 19.2. The molecule has 3 aliphatic heterocycles. The van der Waals surface area contributed by atoms with Crippen LogP contribution in [0.2, 0.25) is 0 Å². The molecular formula is C16H31IN4O2. The molecule has 0 amide bonds. The van der Waals surface area contributed by atoms with Crippen molar-refractivity contribution in [1.29, 1.82) is 0 Å². The van der Waals surface area contributed by atoms with Crippen molar-refractivity contribution in [3.63, 3.8) is 0 Å². The fourth-order valence-corrected chi connectivity index (χ4v) is 3.41. The van der Waals surface area contributed by atoms with E-state index in [1.54, 1.807) is 0 Å². The third kappa shape index (κ3) is 4.93. The summed E-state index contributed by atoms with van der Waals surface area (Å²) in [5.41, 5.74) is 0.240. The third-order valence-electron chi connectivity index (χ3n) is 4.87. The van der Waals surface area contributed by atoms with Crippen molar-refractivity contribution >= 4 is 29.9 Å². The van der Waals surface area contributed by atoms with Crippen molar-refractivity contribution in [2.45, 2.75) is 26.3 Å². The van der Waals surface area contributed by atoms with E-state index in [9.17, 15) is 0 Å². The van der Waals surface area contributed by atoms with Gasteiger partial charge < -0.3 is 19.7 Å². The van der Waals surface area contributed by atoms with Crippen molar-refractivity contribution in [2.75, 3.05) is 65.7 Å². The van der Waals surface area contributed by atoms with Crippen molar-refractivity contribution in [3.8, 4) is 0 Å². The molecule has 23 heavy (non-hydrogen) atoms. The number of hydrogen-bond acceptors (Lipinski definition) is 4. The van der Waals surface area contributed by atoms with Crippen LogP contribution in [0.4, 0.5) is 0 Å². The lowest BCUT2D eigenvalue weighted by atomic mass is 9.89. The number of morpholine rings is 1. The van der Waals surface area contributed by atoms with E-state index in [1.165, 1.54) is 6.42 Å². The zero-order chi connectivity index (χ0) is 15.4. The van der Waals surface area contributed by atoms with Gasteiger partial charge in [0.15, 0.2) is 5.96 Å². The second-order valence-electron chi connectivity index (χ2n) is 7.01. The predicted molar refractivity (Wildman–Crippen MR) is 103 cm³/mol. The zero-order valence-electron chi connectivity index (χ0n) is 14.4. The Morgan fingerprint density at radius 1 is 1.22 bits per heavy atom. The van der Waals surface area contributed by atoms with Crippen LogP contribution >= 0.6 is 24.0 Å². The van der Waals surface area contributed by atoms with Gasteiger partial charge in [0.2, 0.25) is 0 Å². The van der Waals surface area contributed by atoms with Crippen LogP contribution < -0.4 is 5.32 Å². The predicted octanol–water partition coefficient (Wildman–Crippen LogP) is 1.01. The highest BCUT2D eigenvalue weighted by Gasteiger charge is 2.34. The Hall–Kier alpha value is -0.120. The molecule has 0 aliphatic carbocycles. The molecule has 134 valence electrons. The minimum absolute atomic E-state index is 0. The van der Waals surface area contributed by atoms with Crippen LogP contribution in [0, 0.1) is 5.41 Å². The Morgan fingerprint density at radius 3 is 2.57 bits per heavy atom.